The average molecular weight is 257 g/mol. The monoisotopic (exact) mass is 257 g/mol. The van der Waals surface area contributed by atoms with Gasteiger partial charge in [0.25, 0.3) is 0 Å². The molecule has 2 aromatic heterocycles. The Morgan fingerprint density at radius 1 is 1.56 bits per heavy atom. The van der Waals surface area contributed by atoms with E-state index >= 15 is 0 Å². The Hall–Kier alpha value is -2.14. The highest BCUT2D eigenvalue weighted by atomic mass is 32.1. The Kier molecular flexibility index (Phi) is 3.44. The Morgan fingerprint density at radius 2 is 2.33 bits per heavy atom. The first-order valence-corrected chi connectivity index (χ1v) is 5.77. The van der Waals surface area contributed by atoms with Crippen molar-refractivity contribution < 1.29 is 4.65 Å². The SMILES string of the molecule is [B]OC(=C(C#N)n1ccc(C)n1)c1nnsc1C. The van der Waals surface area contributed by atoms with Gasteiger partial charge in [0.05, 0.1) is 10.6 Å². The molecule has 0 N–H and O–H groups in total. The highest BCUT2D eigenvalue weighted by molar-refractivity contribution is 7.05. The molecule has 0 amide bonds. The summed E-state index contributed by atoms with van der Waals surface area (Å²) in [7, 11) is 5.24. The van der Waals surface area contributed by atoms with Gasteiger partial charge in [0.2, 0.25) is 0 Å². The predicted molar refractivity (Wildman–Crippen MR) is 67.2 cm³/mol. The third-order valence-electron chi connectivity index (χ3n) is 2.26. The molecule has 0 saturated carbocycles. The number of aromatic nitrogens is 4. The minimum Gasteiger partial charge on any atom is -0.564 e. The largest absolute Gasteiger partial charge is 0.564 e. The second-order valence-electron chi connectivity index (χ2n) is 3.49. The predicted octanol–water partition coefficient (Wildman–Crippen LogP) is 1.30. The second-order valence-corrected chi connectivity index (χ2v) is 4.45. The van der Waals surface area contributed by atoms with E-state index in [0.717, 1.165) is 10.6 Å². The molecule has 0 aliphatic heterocycles. The zero-order chi connectivity index (χ0) is 13.1. The van der Waals surface area contributed by atoms with Crippen molar-refractivity contribution in [3.63, 3.8) is 0 Å². The van der Waals surface area contributed by atoms with E-state index < -0.39 is 0 Å². The van der Waals surface area contributed by atoms with Gasteiger partial charge >= 0.3 is 8.05 Å². The first-order valence-electron chi connectivity index (χ1n) is 5.00. The molecule has 6 nitrogen and oxygen atoms in total. The molecule has 0 atom stereocenters. The molecule has 18 heavy (non-hydrogen) atoms. The van der Waals surface area contributed by atoms with E-state index in [2.05, 4.69) is 14.7 Å². The Labute approximate surface area is 109 Å². The molecular formula is C10H8BN5OS. The maximum absolute atomic E-state index is 9.23. The van der Waals surface area contributed by atoms with Crippen molar-refractivity contribution in [2.24, 2.45) is 0 Å². The van der Waals surface area contributed by atoms with Gasteiger partial charge in [0.15, 0.2) is 11.5 Å². The van der Waals surface area contributed by atoms with Crippen molar-refractivity contribution >= 4 is 31.0 Å². The average Bonchev–Trinajstić information content (AvgIpc) is 2.95. The fourth-order valence-corrected chi connectivity index (χ4v) is 1.88. The first-order chi connectivity index (χ1) is 8.67. The summed E-state index contributed by atoms with van der Waals surface area (Å²) >= 11 is 1.21. The number of hydrogen-bond acceptors (Lipinski definition) is 6. The number of allylic oxidation sites excluding steroid dienone is 1. The fraction of sp³-hybridized carbons (Fsp3) is 0.200. The fourth-order valence-electron chi connectivity index (χ4n) is 1.41. The van der Waals surface area contributed by atoms with Crippen LogP contribution in [0.5, 0.6) is 0 Å². The zero-order valence-electron chi connectivity index (χ0n) is 9.78. The summed E-state index contributed by atoms with van der Waals surface area (Å²) in [6.07, 6.45) is 1.65. The molecule has 2 heterocycles. The standard InChI is InChI=1S/C10H8BN5OS/c1-6-3-4-16(14-6)8(5-12)10(17-11)9-7(2)18-15-13-9/h3-4H,1-2H3. The summed E-state index contributed by atoms with van der Waals surface area (Å²) in [6, 6.07) is 3.79. The summed E-state index contributed by atoms with van der Waals surface area (Å²) < 4.78 is 9.98. The lowest BCUT2D eigenvalue weighted by Gasteiger charge is -2.07. The number of nitriles is 1. The summed E-state index contributed by atoms with van der Waals surface area (Å²) in [4.78, 5) is 0.812. The number of rotatable bonds is 3. The van der Waals surface area contributed by atoms with Crippen molar-refractivity contribution in [3.8, 4) is 6.07 Å². The number of nitrogens with zero attached hydrogens (tertiary/aromatic N) is 5. The van der Waals surface area contributed by atoms with Crippen molar-refractivity contribution in [1.29, 1.82) is 5.26 Å². The van der Waals surface area contributed by atoms with Crippen LogP contribution in [-0.2, 0) is 4.65 Å². The summed E-state index contributed by atoms with van der Waals surface area (Å²) in [6.45, 7) is 3.65. The molecule has 2 aromatic rings. The summed E-state index contributed by atoms with van der Waals surface area (Å²) in [5, 5.41) is 17.3. The van der Waals surface area contributed by atoms with E-state index in [4.69, 9.17) is 12.7 Å². The third kappa shape index (κ3) is 2.12. The maximum Gasteiger partial charge on any atom is 0.374 e. The van der Waals surface area contributed by atoms with Crippen LogP contribution >= 0.6 is 11.5 Å². The quantitative estimate of drug-likeness (QED) is 0.470. The van der Waals surface area contributed by atoms with Gasteiger partial charge in [-0.15, -0.1) is 5.10 Å². The lowest BCUT2D eigenvalue weighted by atomic mass is 10.2. The molecule has 2 rings (SSSR count). The van der Waals surface area contributed by atoms with Gasteiger partial charge < -0.3 is 4.65 Å². The van der Waals surface area contributed by atoms with Crippen molar-refractivity contribution in [1.82, 2.24) is 19.4 Å². The molecule has 88 valence electrons. The van der Waals surface area contributed by atoms with Crippen molar-refractivity contribution in [3.05, 3.63) is 28.5 Å². The van der Waals surface area contributed by atoms with Gasteiger partial charge in [-0.25, -0.2) is 4.68 Å². The van der Waals surface area contributed by atoms with Crippen LogP contribution in [0.15, 0.2) is 12.3 Å². The van der Waals surface area contributed by atoms with Gasteiger partial charge in [-0.2, -0.15) is 10.4 Å². The second kappa shape index (κ2) is 5.02. The van der Waals surface area contributed by atoms with Crippen molar-refractivity contribution in [2.75, 3.05) is 0 Å². The van der Waals surface area contributed by atoms with Gasteiger partial charge in [-0.1, -0.05) is 4.49 Å². The lowest BCUT2D eigenvalue weighted by Crippen LogP contribution is -2.03. The zero-order valence-corrected chi connectivity index (χ0v) is 10.6. The molecule has 0 aliphatic carbocycles. The van der Waals surface area contributed by atoms with E-state index in [9.17, 15) is 5.26 Å². The molecule has 0 bridgehead atoms. The smallest absolute Gasteiger partial charge is 0.374 e. The minimum atomic E-state index is 0.159. The number of aryl methyl sites for hydroxylation is 2. The minimum absolute atomic E-state index is 0.159. The summed E-state index contributed by atoms with van der Waals surface area (Å²) in [5.74, 6) is 0.159. The van der Waals surface area contributed by atoms with Crippen LogP contribution in [0.25, 0.3) is 11.5 Å². The van der Waals surface area contributed by atoms with Gasteiger partial charge in [-0.3, -0.25) is 0 Å². The van der Waals surface area contributed by atoms with E-state index in [1.54, 1.807) is 12.3 Å². The van der Waals surface area contributed by atoms with Crippen LogP contribution in [0.1, 0.15) is 16.3 Å². The van der Waals surface area contributed by atoms with Gasteiger partial charge in [0.1, 0.15) is 11.8 Å². The van der Waals surface area contributed by atoms with Crippen LogP contribution < -0.4 is 0 Å². The van der Waals surface area contributed by atoms with Gasteiger partial charge in [0, 0.05) is 6.20 Å². The van der Waals surface area contributed by atoms with Crippen LogP contribution in [0.3, 0.4) is 0 Å². The van der Waals surface area contributed by atoms with E-state index in [-0.39, 0.29) is 11.5 Å². The van der Waals surface area contributed by atoms with Crippen LogP contribution in [0, 0.1) is 25.2 Å². The first kappa shape index (κ1) is 12.3. The van der Waals surface area contributed by atoms with Crippen LogP contribution in [0.4, 0.5) is 0 Å². The topological polar surface area (TPSA) is 76.6 Å². The van der Waals surface area contributed by atoms with Crippen molar-refractivity contribution in [2.45, 2.75) is 13.8 Å². The van der Waals surface area contributed by atoms with E-state index in [0.29, 0.717) is 5.69 Å². The van der Waals surface area contributed by atoms with E-state index in [1.165, 1.54) is 16.2 Å². The van der Waals surface area contributed by atoms with Crippen LogP contribution in [0.2, 0.25) is 0 Å². The molecule has 0 aromatic carbocycles. The summed E-state index contributed by atoms with van der Waals surface area (Å²) in [5.41, 5.74) is 1.40. The maximum atomic E-state index is 9.23. The molecule has 0 fully saturated rings. The molecule has 0 aliphatic rings. The molecule has 0 spiro atoms. The molecule has 8 heteroatoms. The molecular weight excluding hydrogens is 249 g/mol. The lowest BCUT2D eigenvalue weighted by molar-refractivity contribution is 0.565. The number of hydrogen-bond donors (Lipinski definition) is 0. The Morgan fingerprint density at radius 3 is 2.78 bits per heavy atom. The van der Waals surface area contributed by atoms with E-state index in [1.807, 2.05) is 19.9 Å². The Balaban J connectivity index is 2.61. The third-order valence-corrected chi connectivity index (χ3v) is 2.89. The molecule has 2 radical (unpaired) electrons. The highest BCUT2D eigenvalue weighted by Crippen LogP contribution is 2.24. The molecule has 0 saturated heterocycles. The normalized spacial score (nSPS) is 11.8. The highest BCUT2D eigenvalue weighted by Gasteiger charge is 2.17. The molecule has 0 unspecified atom stereocenters. The van der Waals surface area contributed by atoms with Gasteiger partial charge in [-0.05, 0) is 31.4 Å². The Bertz CT molecular complexity index is 639. The van der Waals surface area contributed by atoms with Crippen LogP contribution in [-0.4, -0.2) is 27.4 Å².